The van der Waals surface area contributed by atoms with Crippen LogP contribution in [-0.4, -0.2) is 34.8 Å². The van der Waals surface area contributed by atoms with Gasteiger partial charge in [0, 0.05) is 37.0 Å². The summed E-state index contributed by atoms with van der Waals surface area (Å²) in [4.78, 5) is 28.2. The summed E-state index contributed by atoms with van der Waals surface area (Å²) < 4.78 is 0. The molecule has 3 N–H and O–H groups in total. The van der Waals surface area contributed by atoms with Gasteiger partial charge in [0.2, 0.25) is 5.91 Å². The molecule has 1 aromatic heterocycles. The molecule has 2 aromatic rings. The summed E-state index contributed by atoms with van der Waals surface area (Å²) in [7, 11) is 0. The van der Waals surface area contributed by atoms with Gasteiger partial charge in [0.1, 0.15) is 0 Å². The highest BCUT2D eigenvalue weighted by Gasteiger charge is 2.34. The third kappa shape index (κ3) is 2.26. The van der Waals surface area contributed by atoms with E-state index in [4.69, 9.17) is 5.73 Å². The predicted octanol–water partition coefficient (Wildman–Crippen LogP) is 2.24. The van der Waals surface area contributed by atoms with Gasteiger partial charge in [-0.25, -0.2) is 0 Å². The van der Waals surface area contributed by atoms with Gasteiger partial charge >= 0.3 is 0 Å². The molecular formula is C17H21N3O2. The van der Waals surface area contributed by atoms with E-state index < -0.39 is 5.91 Å². The number of rotatable bonds is 4. The maximum absolute atomic E-state index is 11.7. The third-order valence-corrected chi connectivity index (χ3v) is 4.78. The summed E-state index contributed by atoms with van der Waals surface area (Å²) in [5.41, 5.74) is 7.95. The Hall–Kier alpha value is -2.30. The molecule has 2 heterocycles. The summed E-state index contributed by atoms with van der Waals surface area (Å²) in [6, 6.07) is 5.77. The van der Waals surface area contributed by atoms with Crippen molar-refractivity contribution < 1.29 is 9.59 Å². The van der Waals surface area contributed by atoms with Gasteiger partial charge in [0.25, 0.3) is 5.91 Å². The van der Waals surface area contributed by atoms with Crippen molar-refractivity contribution in [3.63, 3.8) is 0 Å². The van der Waals surface area contributed by atoms with E-state index in [1.165, 1.54) is 5.56 Å². The van der Waals surface area contributed by atoms with E-state index in [0.717, 1.165) is 24.0 Å². The molecule has 3 rings (SSSR count). The van der Waals surface area contributed by atoms with Crippen molar-refractivity contribution >= 4 is 22.7 Å². The monoisotopic (exact) mass is 299 g/mol. The molecule has 1 atom stereocenters. The van der Waals surface area contributed by atoms with Gasteiger partial charge in [0.15, 0.2) is 0 Å². The van der Waals surface area contributed by atoms with E-state index in [9.17, 15) is 9.59 Å². The van der Waals surface area contributed by atoms with Crippen LogP contribution in [0.15, 0.2) is 24.4 Å². The summed E-state index contributed by atoms with van der Waals surface area (Å²) in [5, 5.41) is 1.05. The zero-order valence-electron chi connectivity index (χ0n) is 12.9. The molecule has 0 bridgehead atoms. The second kappa shape index (κ2) is 5.48. The van der Waals surface area contributed by atoms with Gasteiger partial charge in [-0.05, 0) is 23.6 Å². The van der Waals surface area contributed by atoms with Gasteiger partial charge in [-0.3, -0.25) is 9.59 Å². The van der Waals surface area contributed by atoms with Gasteiger partial charge in [-0.2, -0.15) is 0 Å². The van der Waals surface area contributed by atoms with Crippen molar-refractivity contribution in [1.82, 2.24) is 9.88 Å². The van der Waals surface area contributed by atoms with Gasteiger partial charge in [-0.15, -0.1) is 0 Å². The number of carbonyl (C=O) groups excluding carboxylic acids is 2. The Morgan fingerprint density at radius 2 is 2.09 bits per heavy atom. The largest absolute Gasteiger partial charge is 0.366 e. The Morgan fingerprint density at radius 3 is 2.73 bits per heavy atom. The van der Waals surface area contributed by atoms with Gasteiger partial charge < -0.3 is 15.6 Å². The highest BCUT2D eigenvalue weighted by Crippen LogP contribution is 2.36. The normalized spacial score (nSPS) is 16.5. The molecule has 0 spiro atoms. The van der Waals surface area contributed by atoms with Crippen LogP contribution in [0.1, 0.15) is 42.1 Å². The Labute approximate surface area is 129 Å². The second-order valence-electron chi connectivity index (χ2n) is 6.03. The first-order valence-electron chi connectivity index (χ1n) is 7.70. The first kappa shape index (κ1) is 14.6. The highest BCUT2D eigenvalue weighted by atomic mass is 16.2. The molecular weight excluding hydrogens is 278 g/mol. The lowest BCUT2D eigenvalue weighted by Gasteiger charge is -2.42. The van der Waals surface area contributed by atoms with Crippen LogP contribution in [0.5, 0.6) is 0 Å². The number of H-pyrrole nitrogens is 1. The Balaban J connectivity index is 1.86. The van der Waals surface area contributed by atoms with Crippen molar-refractivity contribution in [2.45, 2.75) is 26.2 Å². The van der Waals surface area contributed by atoms with E-state index in [2.05, 4.69) is 11.9 Å². The van der Waals surface area contributed by atoms with E-state index >= 15 is 0 Å². The number of aromatic amines is 1. The van der Waals surface area contributed by atoms with Crippen LogP contribution in [0.3, 0.4) is 0 Å². The van der Waals surface area contributed by atoms with Crippen LogP contribution in [0.25, 0.3) is 10.9 Å². The zero-order chi connectivity index (χ0) is 15.9. The third-order valence-electron chi connectivity index (χ3n) is 4.78. The second-order valence-corrected chi connectivity index (χ2v) is 6.03. The molecule has 1 aromatic carbocycles. The Kier molecular flexibility index (Phi) is 3.64. The number of primary amides is 1. The van der Waals surface area contributed by atoms with Crippen LogP contribution < -0.4 is 5.73 Å². The maximum atomic E-state index is 11.7. The van der Waals surface area contributed by atoms with E-state index in [1.807, 2.05) is 30.2 Å². The van der Waals surface area contributed by atoms with Crippen molar-refractivity contribution in [2.75, 3.05) is 13.1 Å². The summed E-state index contributed by atoms with van der Waals surface area (Å²) in [6.07, 6.45) is 2.40. The predicted molar refractivity (Wildman–Crippen MR) is 85.6 cm³/mol. The minimum Gasteiger partial charge on any atom is -0.366 e. The average molecular weight is 299 g/mol. The van der Waals surface area contributed by atoms with Gasteiger partial charge in [-0.1, -0.05) is 19.9 Å². The smallest absolute Gasteiger partial charge is 0.250 e. The molecule has 5 heteroatoms. The molecule has 0 aliphatic carbocycles. The van der Waals surface area contributed by atoms with Crippen LogP contribution in [0, 0.1) is 5.92 Å². The minimum atomic E-state index is -0.421. The lowest BCUT2D eigenvalue weighted by molar-refractivity contribution is -0.137. The van der Waals surface area contributed by atoms with Gasteiger partial charge in [0.05, 0.1) is 11.1 Å². The first-order chi connectivity index (χ1) is 10.5. The van der Waals surface area contributed by atoms with E-state index in [-0.39, 0.29) is 5.91 Å². The van der Waals surface area contributed by atoms with Crippen molar-refractivity contribution in [3.8, 4) is 0 Å². The number of fused-ring (bicyclic) bond motifs is 1. The number of nitrogens with two attached hydrogens (primary N) is 1. The number of hydrogen-bond donors (Lipinski definition) is 2. The summed E-state index contributed by atoms with van der Waals surface area (Å²) in [6.45, 7) is 5.71. The molecule has 1 saturated heterocycles. The first-order valence-corrected chi connectivity index (χ1v) is 7.70. The number of carbonyl (C=O) groups is 2. The fourth-order valence-corrected chi connectivity index (χ4v) is 3.29. The molecule has 2 amide bonds. The number of aromatic nitrogens is 1. The molecule has 1 aliphatic rings. The lowest BCUT2D eigenvalue weighted by Crippen LogP contribution is -2.51. The molecule has 22 heavy (non-hydrogen) atoms. The van der Waals surface area contributed by atoms with E-state index in [0.29, 0.717) is 23.8 Å². The molecule has 0 unspecified atom stereocenters. The highest BCUT2D eigenvalue weighted by molar-refractivity contribution is 6.05. The zero-order valence-corrected chi connectivity index (χ0v) is 12.9. The molecule has 0 radical (unpaired) electrons. The molecule has 1 fully saturated rings. The SMILES string of the molecule is CCC(=O)N1CC([C@H](C)c2ccc(C(N)=O)c3[nH]ccc23)C1. The molecule has 5 nitrogen and oxygen atoms in total. The number of amides is 2. The fraction of sp³-hybridized carbons (Fsp3) is 0.412. The van der Waals surface area contributed by atoms with Crippen LogP contribution in [0.2, 0.25) is 0 Å². The van der Waals surface area contributed by atoms with Crippen LogP contribution in [-0.2, 0) is 4.79 Å². The number of benzene rings is 1. The maximum Gasteiger partial charge on any atom is 0.250 e. The van der Waals surface area contributed by atoms with Crippen LogP contribution in [0.4, 0.5) is 0 Å². The Morgan fingerprint density at radius 1 is 1.36 bits per heavy atom. The average Bonchev–Trinajstić information content (AvgIpc) is 2.93. The molecule has 0 saturated carbocycles. The number of likely N-dealkylation sites (tertiary alicyclic amines) is 1. The minimum absolute atomic E-state index is 0.222. The lowest BCUT2D eigenvalue weighted by atomic mass is 9.80. The molecule has 116 valence electrons. The summed E-state index contributed by atoms with van der Waals surface area (Å²) >= 11 is 0. The number of nitrogens with zero attached hydrogens (tertiary/aromatic N) is 1. The van der Waals surface area contributed by atoms with Crippen molar-refractivity contribution in [3.05, 3.63) is 35.5 Å². The number of nitrogens with one attached hydrogen (secondary N) is 1. The molecule has 1 aliphatic heterocycles. The standard InChI is InChI=1S/C17H21N3O2/c1-3-15(21)20-8-11(9-20)10(2)12-4-5-14(17(18)22)16-13(12)6-7-19-16/h4-7,10-11,19H,3,8-9H2,1-2H3,(H2,18,22)/t10-/m0/s1. The van der Waals surface area contributed by atoms with Crippen molar-refractivity contribution in [1.29, 1.82) is 0 Å². The fourth-order valence-electron chi connectivity index (χ4n) is 3.29. The number of hydrogen-bond acceptors (Lipinski definition) is 2. The summed E-state index contributed by atoms with van der Waals surface area (Å²) in [5.74, 6) is 0.600. The van der Waals surface area contributed by atoms with Crippen molar-refractivity contribution in [2.24, 2.45) is 11.7 Å². The topological polar surface area (TPSA) is 79.2 Å². The van der Waals surface area contributed by atoms with Crippen LogP contribution >= 0.6 is 0 Å². The quantitative estimate of drug-likeness (QED) is 0.908. The van der Waals surface area contributed by atoms with E-state index in [1.54, 1.807) is 6.07 Å². The Bertz CT molecular complexity index is 729.